The van der Waals surface area contributed by atoms with Gasteiger partial charge in [0.25, 0.3) is 0 Å². The molecular formula is C13H10N4OS. The van der Waals surface area contributed by atoms with Crippen LogP contribution < -0.4 is 0 Å². The molecular weight excluding hydrogens is 260 g/mol. The smallest absolute Gasteiger partial charge is 0.196 e. The average Bonchev–Trinajstić information content (AvgIpc) is 3.11. The van der Waals surface area contributed by atoms with Gasteiger partial charge in [0.1, 0.15) is 0 Å². The topological polar surface area (TPSA) is 55.3 Å². The van der Waals surface area contributed by atoms with Gasteiger partial charge in [-0.25, -0.2) is 4.68 Å². The van der Waals surface area contributed by atoms with Gasteiger partial charge in [-0.1, -0.05) is 18.2 Å². The Labute approximate surface area is 112 Å². The van der Waals surface area contributed by atoms with Gasteiger partial charge in [-0.15, -0.1) is 11.3 Å². The minimum Gasteiger partial charge on any atom is -0.390 e. The van der Waals surface area contributed by atoms with Crippen LogP contribution in [-0.4, -0.2) is 24.3 Å². The first-order valence-corrected chi connectivity index (χ1v) is 6.75. The third-order valence-corrected chi connectivity index (χ3v) is 3.92. The highest BCUT2D eigenvalue weighted by Gasteiger charge is 2.16. The van der Waals surface area contributed by atoms with Gasteiger partial charge >= 0.3 is 0 Å². The minimum atomic E-state index is -0.0680. The largest absolute Gasteiger partial charge is 0.390 e. The standard InChI is InChI=1S/C13H10N4OS/c18-8-11-12(15-13-16(11)5-6-19-13)17-10-4-2-1-3-9(10)7-14-17/h1-7,18H,8H2. The lowest BCUT2D eigenvalue weighted by Crippen LogP contribution is -2.02. The Morgan fingerprint density at radius 2 is 2.16 bits per heavy atom. The summed E-state index contributed by atoms with van der Waals surface area (Å²) in [5, 5.41) is 17.0. The fourth-order valence-electron chi connectivity index (χ4n) is 2.28. The van der Waals surface area contributed by atoms with Crippen LogP contribution in [0.15, 0.2) is 42.0 Å². The highest BCUT2D eigenvalue weighted by Crippen LogP contribution is 2.23. The van der Waals surface area contributed by atoms with Crippen LogP contribution in [0.5, 0.6) is 0 Å². The molecule has 6 heteroatoms. The van der Waals surface area contributed by atoms with Gasteiger partial charge in [0.05, 0.1) is 24.0 Å². The Hall–Kier alpha value is -2.18. The molecule has 94 valence electrons. The number of hydrogen-bond acceptors (Lipinski definition) is 4. The van der Waals surface area contributed by atoms with Crippen LogP contribution >= 0.6 is 11.3 Å². The molecule has 4 rings (SSSR count). The van der Waals surface area contributed by atoms with E-state index < -0.39 is 0 Å². The number of nitrogens with zero attached hydrogens (tertiary/aromatic N) is 4. The highest BCUT2D eigenvalue weighted by molar-refractivity contribution is 7.15. The summed E-state index contributed by atoms with van der Waals surface area (Å²) >= 11 is 1.54. The van der Waals surface area contributed by atoms with Gasteiger partial charge in [-0.3, -0.25) is 4.40 Å². The van der Waals surface area contributed by atoms with E-state index in [1.807, 2.05) is 46.4 Å². The van der Waals surface area contributed by atoms with Crippen molar-refractivity contribution in [1.82, 2.24) is 19.2 Å². The van der Waals surface area contributed by atoms with E-state index in [4.69, 9.17) is 0 Å². The SMILES string of the molecule is OCc1c(-n2ncc3ccccc32)nc2sccn12. The highest BCUT2D eigenvalue weighted by atomic mass is 32.1. The van der Waals surface area contributed by atoms with Crippen LogP contribution in [0.2, 0.25) is 0 Å². The summed E-state index contributed by atoms with van der Waals surface area (Å²) in [4.78, 5) is 5.42. The van der Waals surface area contributed by atoms with E-state index >= 15 is 0 Å². The molecule has 5 nitrogen and oxygen atoms in total. The summed E-state index contributed by atoms with van der Waals surface area (Å²) < 4.78 is 3.68. The molecule has 0 spiro atoms. The molecule has 0 bridgehead atoms. The molecule has 0 saturated heterocycles. The zero-order chi connectivity index (χ0) is 12.8. The minimum absolute atomic E-state index is 0.0680. The van der Waals surface area contributed by atoms with Crippen molar-refractivity contribution < 1.29 is 5.11 Å². The number of aliphatic hydroxyl groups is 1. The van der Waals surface area contributed by atoms with Crippen LogP contribution in [-0.2, 0) is 6.61 Å². The summed E-state index contributed by atoms with van der Waals surface area (Å²) in [6.07, 6.45) is 3.72. The van der Waals surface area contributed by atoms with Crippen molar-refractivity contribution >= 4 is 27.2 Å². The number of aliphatic hydroxyl groups excluding tert-OH is 1. The van der Waals surface area contributed by atoms with Crippen molar-refractivity contribution in [3.63, 3.8) is 0 Å². The van der Waals surface area contributed by atoms with Crippen LogP contribution in [0.1, 0.15) is 5.69 Å². The van der Waals surface area contributed by atoms with Crippen molar-refractivity contribution in [3.05, 3.63) is 47.7 Å². The first kappa shape index (κ1) is 10.7. The number of benzene rings is 1. The molecule has 0 fully saturated rings. The number of fused-ring (bicyclic) bond motifs is 2. The van der Waals surface area contributed by atoms with E-state index in [2.05, 4.69) is 10.1 Å². The lowest BCUT2D eigenvalue weighted by molar-refractivity contribution is 0.275. The normalized spacial score (nSPS) is 11.6. The molecule has 0 aliphatic heterocycles. The van der Waals surface area contributed by atoms with E-state index in [0.29, 0.717) is 5.82 Å². The second-order valence-electron chi connectivity index (χ2n) is 4.21. The molecule has 0 saturated carbocycles. The molecule has 19 heavy (non-hydrogen) atoms. The fourth-order valence-corrected chi connectivity index (χ4v) is 3.01. The van der Waals surface area contributed by atoms with Crippen molar-refractivity contribution in [2.75, 3.05) is 0 Å². The maximum absolute atomic E-state index is 9.60. The zero-order valence-electron chi connectivity index (χ0n) is 9.89. The number of aromatic nitrogens is 4. The van der Waals surface area contributed by atoms with Gasteiger partial charge < -0.3 is 5.11 Å². The molecule has 0 aliphatic carbocycles. The first-order chi connectivity index (χ1) is 9.38. The summed E-state index contributed by atoms with van der Waals surface area (Å²) in [5.41, 5.74) is 1.74. The van der Waals surface area contributed by atoms with Crippen LogP contribution in [0, 0.1) is 0 Å². The van der Waals surface area contributed by atoms with E-state index in [0.717, 1.165) is 21.6 Å². The predicted molar refractivity (Wildman–Crippen MR) is 73.6 cm³/mol. The van der Waals surface area contributed by atoms with Gasteiger partial charge in [-0.2, -0.15) is 10.1 Å². The van der Waals surface area contributed by atoms with Crippen LogP contribution in [0.3, 0.4) is 0 Å². The van der Waals surface area contributed by atoms with Gasteiger partial charge in [0.2, 0.25) is 0 Å². The van der Waals surface area contributed by atoms with E-state index in [1.54, 1.807) is 4.68 Å². The summed E-state index contributed by atoms with van der Waals surface area (Å²) in [5.74, 6) is 0.690. The molecule has 1 aromatic carbocycles. The molecule has 4 aromatic rings. The maximum atomic E-state index is 9.60. The molecule has 0 radical (unpaired) electrons. The quantitative estimate of drug-likeness (QED) is 0.607. The predicted octanol–water partition coefficient (Wildman–Crippen LogP) is 2.23. The molecule has 0 atom stereocenters. The third kappa shape index (κ3) is 1.44. The molecule has 0 unspecified atom stereocenters. The molecule has 3 aromatic heterocycles. The average molecular weight is 270 g/mol. The fraction of sp³-hybridized carbons (Fsp3) is 0.0769. The van der Waals surface area contributed by atoms with Crippen LogP contribution in [0.25, 0.3) is 21.7 Å². The van der Waals surface area contributed by atoms with Crippen molar-refractivity contribution in [2.24, 2.45) is 0 Å². The monoisotopic (exact) mass is 270 g/mol. The third-order valence-electron chi connectivity index (χ3n) is 3.17. The Kier molecular flexibility index (Phi) is 2.20. The van der Waals surface area contributed by atoms with Gasteiger partial charge in [-0.05, 0) is 6.07 Å². The number of rotatable bonds is 2. The Balaban J connectivity index is 2.06. The van der Waals surface area contributed by atoms with E-state index in [1.165, 1.54) is 11.3 Å². The first-order valence-electron chi connectivity index (χ1n) is 5.87. The second-order valence-corrected chi connectivity index (χ2v) is 5.08. The summed E-state index contributed by atoms with van der Waals surface area (Å²) in [6.45, 7) is -0.0680. The van der Waals surface area contributed by atoms with E-state index in [-0.39, 0.29) is 6.61 Å². The Morgan fingerprint density at radius 1 is 1.26 bits per heavy atom. The number of hydrogen-bond donors (Lipinski definition) is 1. The summed E-state index contributed by atoms with van der Waals surface area (Å²) in [6, 6.07) is 7.96. The Bertz CT molecular complexity index is 873. The lowest BCUT2D eigenvalue weighted by Gasteiger charge is -2.02. The number of para-hydroxylation sites is 1. The number of imidazole rings is 1. The number of thiazole rings is 1. The molecule has 1 N–H and O–H groups in total. The van der Waals surface area contributed by atoms with Crippen molar-refractivity contribution in [2.45, 2.75) is 6.61 Å². The molecule has 0 aliphatic rings. The molecule has 0 amide bonds. The zero-order valence-corrected chi connectivity index (χ0v) is 10.7. The van der Waals surface area contributed by atoms with Crippen molar-refractivity contribution in [3.8, 4) is 5.82 Å². The van der Waals surface area contributed by atoms with Crippen LogP contribution in [0.4, 0.5) is 0 Å². The van der Waals surface area contributed by atoms with E-state index in [9.17, 15) is 5.11 Å². The lowest BCUT2D eigenvalue weighted by atomic mass is 10.2. The maximum Gasteiger partial charge on any atom is 0.196 e. The summed E-state index contributed by atoms with van der Waals surface area (Å²) in [7, 11) is 0. The second kappa shape index (κ2) is 3.91. The molecule has 3 heterocycles. The van der Waals surface area contributed by atoms with Crippen molar-refractivity contribution in [1.29, 1.82) is 0 Å². The Morgan fingerprint density at radius 3 is 3.05 bits per heavy atom. The van der Waals surface area contributed by atoms with Gasteiger partial charge in [0.15, 0.2) is 10.8 Å². The van der Waals surface area contributed by atoms with Gasteiger partial charge in [0, 0.05) is 17.0 Å².